The van der Waals surface area contributed by atoms with Crippen LogP contribution in [-0.2, 0) is 6.18 Å². The molecule has 1 aliphatic heterocycles. The van der Waals surface area contributed by atoms with Crippen molar-refractivity contribution < 1.29 is 18.0 Å². The van der Waals surface area contributed by atoms with E-state index in [2.05, 4.69) is 11.1 Å². The molecule has 0 aliphatic carbocycles. The molecule has 32 heavy (non-hydrogen) atoms. The first kappa shape index (κ1) is 21.2. The van der Waals surface area contributed by atoms with Crippen molar-refractivity contribution in [3.63, 3.8) is 0 Å². The molecule has 0 unspecified atom stereocenters. The van der Waals surface area contributed by atoms with E-state index in [0.29, 0.717) is 28.3 Å². The Morgan fingerprint density at radius 3 is 2.31 bits per heavy atom. The van der Waals surface area contributed by atoms with Crippen LogP contribution in [0.25, 0.3) is 0 Å². The van der Waals surface area contributed by atoms with Crippen molar-refractivity contribution in [3.05, 3.63) is 86.8 Å². The van der Waals surface area contributed by atoms with Crippen LogP contribution in [-0.4, -0.2) is 17.6 Å². The number of aromatic nitrogens is 1. The van der Waals surface area contributed by atoms with Gasteiger partial charge >= 0.3 is 6.18 Å². The molecule has 0 fully saturated rings. The van der Waals surface area contributed by atoms with Crippen molar-refractivity contribution in [1.29, 1.82) is 5.26 Å². The van der Waals surface area contributed by atoms with E-state index < -0.39 is 17.6 Å². The van der Waals surface area contributed by atoms with E-state index in [1.165, 1.54) is 23.1 Å². The summed E-state index contributed by atoms with van der Waals surface area (Å²) in [6, 6.07) is 12.8. The zero-order chi connectivity index (χ0) is 23.2. The summed E-state index contributed by atoms with van der Waals surface area (Å²) < 4.78 is 40.1. The van der Waals surface area contributed by atoms with E-state index in [9.17, 15) is 28.0 Å². The van der Waals surface area contributed by atoms with Gasteiger partial charge in [0.2, 0.25) is 5.56 Å². The number of carbonyl (C=O) groups excluding carboxylic acids is 1. The first-order valence-electron chi connectivity index (χ1n) is 9.61. The average molecular weight is 438 g/mol. The Hall–Kier alpha value is -4.06. The number of halogens is 3. The fourth-order valence-electron chi connectivity index (χ4n) is 3.77. The normalized spacial score (nSPS) is 13.7. The Bertz CT molecular complexity index is 1340. The lowest BCUT2D eigenvalue weighted by Gasteiger charge is -2.39. The molecule has 0 saturated carbocycles. The molecule has 0 spiro atoms. The van der Waals surface area contributed by atoms with Crippen LogP contribution in [0.3, 0.4) is 0 Å². The number of H-pyrrole nitrogens is 1. The third-order valence-electron chi connectivity index (χ3n) is 5.38. The van der Waals surface area contributed by atoms with E-state index in [1.54, 1.807) is 30.0 Å². The van der Waals surface area contributed by atoms with Gasteiger partial charge < -0.3 is 9.88 Å². The quantitative estimate of drug-likeness (QED) is 0.632. The number of rotatable bonds is 2. The van der Waals surface area contributed by atoms with E-state index in [-0.39, 0.29) is 17.8 Å². The minimum atomic E-state index is -4.62. The smallest absolute Gasteiger partial charge is 0.324 e. The monoisotopic (exact) mass is 438 g/mol. The summed E-state index contributed by atoms with van der Waals surface area (Å²) in [6.45, 7) is 3.41. The molecule has 6 nitrogen and oxygen atoms in total. The second-order valence-electron chi connectivity index (χ2n) is 7.48. The maximum Gasteiger partial charge on any atom is 0.416 e. The highest BCUT2D eigenvalue weighted by molar-refractivity contribution is 6.13. The highest BCUT2D eigenvalue weighted by Crippen LogP contribution is 2.40. The maximum absolute atomic E-state index is 13.4. The van der Waals surface area contributed by atoms with Crippen molar-refractivity contribution in [1.82, 2.24) is 4.98 Å². The highest BCUT2D eigenvalue weighted by atomic mass is 19.4. The number of aromatic amines is 1. The SMILES string of the molecule is Cc1ccc(C#N)cc1N1CN(c2ccc(=O)[nH]c2C)C(=O)c2cc(C(F)(F)F)ccc21. The summed E-state index contributed by atoms with van der Waals surface area (Å²) in [7, 11) is 0. The van der Waals surface area contributed by atoms with Crippen molar-refractivity contribution in [3.8, 4) is 6.07 Å². The first-order valence-corrected chi connectivity index (χ1v) is 9.61. The van der Waals surface area contributed by atoms with Gasteiger partial charge in [0.15, 0.2) is 0 Å². The molecular weight excluding hydrogens is 421 g/mol. The minimum Gasteiger partial charge on any atom is -0.324 e. The number of carbonyl (C=O) groups is 1. The van der Waals surface area contributed by atoms with E-state index in [0.717, 1.165) is 17.7 Å². The average Bonchev–Trinajstić information content (AvgIpc) is 2.74. The molecule has 3 aromatic rings. The van der Waals surface area contributed by atoms with Gasteiger partial charge in [-0.2, -0.15) is 18.4 Å². The number of amides is 1. The number of hydrogen-bond donors (Lipinski definition) is 1. The van der Waals surface area contributed by atoms with Crippen LogP contribution in [0.5, 0.6) is 0 Å². The standard InChI is InChI=1S/C23H17F3N4O2/c1-13-3-4-15(11-27)9-20(13)29-12-30(18-7-8-21(31)28-14(18)2)22(32)17-10-16(23(24,25)26)5-6-19(17)29/h3-10H,12H2,1-2H3,(H,28,31). The van der Waals surface area contributed by atoms with Crippen LogP contribution in [0.1, 0.15) is 32.7 Å². The second kappa shape index (κ2) is 7.57. The highest BCUT2D eigenvalue weighted by Gasteiger charge is 2.37. The van der Waals surface area contributed by atoms with Gasteiger partial charge in [0.1, 0.15) is 6.67 Å². The number of anilines is 3. The largest absolute Gasteiger partial charge is 0.416 e. The number of nitrogens with one attached hydrogen (secondary N) is 1. The summed E-state index contributed by atoms with van der Waals surface area (Å²) in [4.78, 5) is 30.6. The maximum atomic E-state index is 13.4. The molecule has 162 valence electrons. The fraction of sp³-hybridized carbons (Fsp3) is 0.174. The van der Waals surface area contributed by atoms with Crippen molar-refractivity contribution >= 4 is 23.0 Å². The predicted octanol–water partition coefficient (Wildman–Crippen LogP) is 4.64. The Labute approximate surface area is 181 Å². The minimum absolute atomic E-state index is 0.0141. The zero-order valence-electron chi connectivity index (χ0n) is 17.1. The van der Waals surface area contributed by atoms with Gasteiger partial charge in [-0.3, -0.25) is 14.5 Å². The van der Waals surface area contributed by atoms with Gasteiger partial charge in [-0.15, -0.1) is 0 Å². The molecule has 0 bridgehead atoms. The van der Waals surface area contributed by atoms with Gasteiger partial charge in [-0.25, -0.2) is 0 Å². The van der Waals surface area contributed by atoms with Gasteiger partial charge in [-0.05, 0) is 55.8 Å². The van der Waals surface area contributed by atoms with Gasteiger partial charge in [0.25, 0.3) is 5.91 Å². The summed E-state index contributed by atoms with van der Waals surface area (Å²) in [5.74, 6) is -0.619. The number of benzene rings is 2. The fourth-order valence-corrected chi connectivity index (χ4v) is 3.77. The molecule has 9 heteroatoms. The number of aryl methyl sites for hydroxylation is 2. The van der Waals surface area contributed by atoms with Crippen LogP contribution >= 0.6 is 0 Å². The summed E-state index contributed by atoms with van der Waals surface area (Å²) >= 11 is 0. The number of alkyl halides is 3. The Morgan fingerprint density at radius 2 is 1.66 bits per heavy atom. The molecule has 4 rings (SSSR count). The van der Waals surface area contributed by atoms with Crippen molar-refractivity contribution in [2.24, 2.45) is 0 Å². The van der Waals surface area contributed by atoms with Crippen LogP contribution in [0.4, 0.5) is 30.2 Å². The lowest BCUT2D eigenvalue weighted by molar-refractivity contribution is -0.137. The number of fused-ring (bicyclic) bond motifs is 1. The van der Waals surface area contributed by atoms with E-state index in [4.69, 9.17) is 0 Å². The van der Waals surface area contributed by atoms with Crippen molar-refractivity contribution in [2.75, 3.05) is 16.5 Å². The number of hydrogen-bond acceptors (Lipinski definition) is 4. The van der Waals surface area contributed by atoms with Crippen molar-refractivity contribution in [2.45, 2.75) is 20.0 Å². The second-order valence-corrected chi connectivity index (χ2v) is 7.48. The molecular formula is C23H17F3N4O2. The molecule has 0 atom stereocenters. The molecule has 1 amide bonds. The van der Waals surface area contributed by atoms with Gasteiger partial charge in [-0.1, -0.05) is 6.07 Å². The summed E-state index contributed by atoms with van der Waals surface area (Å²) in [5, 5.41) is 9.32. The first-order chi connectivity index (χ1) is 15.1. The molecule has 2 heterocycles. The van der Waals surface area contributed by atoms with E-state index >= 15 is 0 Å². The topological polar surface area (TPSA) is 80.2 Å². The lowest BCUT2D eigenvalue weighted by atomic mass is 10.0. The third kappa shape index (κ3) is 3.60. The summed E-state index contributed by atoms with van der Waals surface area (Å²) in [5.41, 5.74) is 1.41. The Kier molecular flexibility index (Phi) is 5.01. The van der Waals surface area contributed by atoms with Crippen LogP contribution in [0.15, 0.2) is 53.3 Å². The molecule has 2 aromatic carbocycles. The zero-order valence-corrected chi connectivity index (χ0v) is 17.1. The van der Waals surface area contributed by atoms with Crippen LogP contribution in [0.2, 0.25) is 0 Å². The molecule has 1 aromatic heterocycles. The van der Waals surface area contributed by atoms with Gasteiger partial charge in [0, 0.05) is 17.4 Å². The van der Waals surface area contributed by atoms with Gasteiger partial charge in [0.05, 0.1) is 34.1 Å². The predicted molar refractivity (Wildman–Crippen MR) is 113 cm³/mol. The molecule has 0 saturated heterocycles. The van der Waals surface area contributed by atoms with Crippen LogP contribution < -0.4 is 15.4 Å². The lowest BCUT2D eigenvalue weighted by Crippen LogP contribution is -2.45. The Balaban J connectivity index is 1.95. The summed E-state index contributed by atoms with van der Waals surface area (Å²) in [6.07, 6.45) is -4.62. The molecule has 1 aliphatic rings. The van der Waals surface area contributed by atoms with Crippen LogP contribution in [0, 0.1) is 25.2 Å². The Morgan fingerprint density at radius 1 is 0.938 bits per heavy atom. The molecule has 0 radical (unpaired) electrons. The number of nitriles is 1. The number of pyridine rings is 1. The molecule has 1 N–H and O–H groups in total. The van der Waals surface area contributed by atoms with E-state index in [1.807, 2.05) is 6.92 Å². The number of nitrogens with zero attached hydrogens (tertiary/aromatic N) is 3. The third-order valence-corrected chi connectivity index (χ3v) is 5.38.